The molecule has 0 N–H and O–H groups in total. The van der Waals surface area contributed by atoms with Crippen LogP contribution in [0.15, 0.2) is 20.3 Å². The van der Waals surface area contributed by atoms with Gasteiger partial charge in [-0.3, -0.25) is 0 Å². The zero-order valence-corrected chi connectivity index (χ0v) is 8.77. The minimum atomic E-state index is -0.614. The fraction of sp³-hybridized carbons (Fsp3) is 0. The van der Waals surface area contributed by atoms with E-state index >= 15 is 0 Å². The van der Waals surface area contributed by atoms with Crippen LogP contribution in [0.2, 0.25) is 0 Å². The van der Waals surface area contributed by atoms with Gasteiger partial charge in [0.25, 0.3) is 0 Å². The van der Waals surface area contributed by atoms with Crippen molar-refractivity contribution < 1.29 is 24.6 Å². The van der Waals surface area contributed by atoms with Gasteiger partial charge in [0.1, 0.15) is 0 Å². The molecule has 0 unspecified atom stereocenters. The van der Waals surface area contributed by atoms with Gasteiger partial charge in [0.2, 0.25) is 0 Å². The maximum absolute atomic E-state index is 3.58. The van der Waals surface area contributed by atoms with E-state index in [4.69, 9.17) is 0 Å². The molecule has 0 saturated heterocycles. The van der Waals surface area contributed by atoms with Gasteiger partial charge in [0, 0.05) is 0 Å². The van der Waals surface area contributed by atoms with Crippen LogP contribution in [0, 0.1) is 0 Å². The summed E-state index contributed by atoms with van der Waals surface area (Å²) in [5, 5.41) is 0. The Morgan fingerprint density at radius 2 is 1.60 bits per heavy atom. The summed E-state index contributed by atoms with van der Waals surface area (Å²) in [4.78, 5) is 0. The molecule has 0 atom stereocenters. The molecule has 0 nitrogen and oxygen atoms in total. The first kappa shape index (κ1) is 5.42. The number of hydrogen-bond donors (Lipinski definition) is 0. The Morgan fingerprint density at radius 3 is 1.60 bits per heavy atom. The predicted octanol–water partition coefficient (Wildman–Crippen LogP) is 1.36. The van der Waals surface area contributed by atoms with E-state index in [2.05, 4.69) is 13.2 Å². The topological polar surface area (TPSA) is 0 Å². The van der Waals surface area contributed by atoms with Gasteiger partial charge < -0.3 is 0 Å². The molecular formula is C4H6Hg. The maximum atomic E-state index is 3.58. The molecule has 0 fully saturated rings. The first-order valence-electron chi connectivity index (χ1n) is 1.63. The monoisotopic (exact) mass is 256 g/mol. The van der Waals surface area contributed by atoms with Gasteiger partial charge in [-0.1, -0.05) is 0 Å². The molecule has 0 saturated carbocycles. The summed E-state index contributed by atoms with van der Waals surface area (Å²) in [5.74, 6) is 0. The molecule has 0 amide bonds. The van der Waals surface area contributed by atoms with Crippen molar-refractivity contribution in [3.05, 3.63) is 20.3 Å². The third-order valence-corrected chi connectivity index (χ3v) is 2.92. The van der Waals surface area contributed by atoms with Crippen LogP contribution in [-0.2, 0) is 24.6 Å². The van der Waals surface area contributed by atoms with Crippen LogP contribution in [0.1, 0.15) is 0 Å². The van der Waals surface area contributed by atoms with E-state index in [1.54, 1.807) is 0 Å². The van der Waals surface area contributed by atoms with E-state index in [1.807, 2.05) is 7.17 Å². The second-order valence-electron chi connectivity index (χ2n) is 0.813. The van der Waals surface area contributed by atoms with Gasteiger partial charge in [0.05, 0.1) is 0 Å². The quantitative estimate of drug-likeness (QED) is 0.653. The molecule has 0 aliphatic carbocycles. The molecule has 0 radical (unpaired) electrons. The Kier molecular flexibility index (Phi) is 4.78. The summed E-state index contributed by atoms with van der Waals surface area (Å²) in [6.45, 7) is 7.16. The molecule has 24 valence electrons. The second-order valence-corrected chi connectivity index (χ2v) is 7.13. The van der Waals surface area contributed by atoms with Crippen molar-refractivity contribution in [1.82, 2.24) is 0 Å². The van der Waals surface area contributed by atoms with Crippen LogP contribution in [0.5, 0.6) is 0 Å². The molecule has 0 aromatic carbocycles. The van der Waals surface area contributed by atoms with E-state index in [-0.39, 0.29) is 0 Å². The zero-order valence-electron chi connectivity index (χ0n) is 3.28. The Bertz CT molecular complexity index is 32.9. The van der Waals surface area contributed by atoms with E-state index in [1.165, 1.54) is 0 Å². The van der Waals surface area contributed by atoms with Crippen molar-refractivity contribution in [2.24, 2.45) is 0 Å². The summed E-state index contributed by atoms with van der Waals surface area (Å²) in [5.41, 5.74) is 0. The van der Waals surface area contributed by atoms with Gasteiger partial charge in [-0.25, -0.2) is 0 Å². The normalized spacial score (nSPS) is 4.80. The van der Waals surface area contributed by atoms with Crippen LogP contribution < -0.4 is 0 Å². The SMILES string of the molecule is C=[CH][Hg][CH]=C. The van der Waals surface area contributed by atoms with Crippen molar-refractivity contribution in [3.63, 3.8) is 0 Å². The molecule has 0 aromatic heterocycles. The molecule has 0 heterocycles. The zero-order chi connectivity index (χ0) is 4.12. The molecule has 0 bridgehead atoms. The third-order valence-electron chi connectivity index (χ3n) is 0.333. The summed E-state index contributed by atoms with van der Waals surface area (Å²) >= 11 is -0.614. The summed E-state index contributed by atoms with van der Waals surface area (Å²) in [7, 11) is 0. The van der Waals surface area contributed by atoms with Crippen molar-refractivity contribution in [2.75, 3.05) is 0 Å². The first-order valence-corrected chi connectivity index (χ1v) is 7.98. The Balaban J connectivity index is 2.65. The van der Waals surface area contributed by atoms with Crippen LogP contribution in [0.4, 0.5) is 0 Å². The molecule has 0 aromatic rings. The summed E-state index contributed by atoms with van der Waals surface area (Å²) in [6.07, 6.45) is 0. The molecular weight excluding hydrogens is 249 g/mol. The summed E-state index contributed by atoms with van der Waals surface area (Å²) in [6, 6.07) is 0. The fourth-order valence-corrected chi connectivity index (χ4v) is 1.03. The predicted molar refractivity (Wildman–Crippen MR) is 20.4 cm³/mol. The average Bonchev–Trinajstić information content (AvgIpc) is 1.41. The number of rotatable bonds is 2. The van der Waals surface area contributed by atoms with Gasteiger partial charge in [-0.15, -0.1) is 0 Å². The number of hydrogen-bond acceptors (Lipinski definition) is 0. The average molecular weight is 255 g/mol. The van der Waals surface area contributed by atoms with Gasteiger partial charge >= 0.3 is 44.9 Å². The fourth-order valence-electron chi connectivity index (χ4n) is 0.118. The summed E-state index contributed by atoms with van der Waals surface area (Å²) < 4.78 is 4.07. The first-order chi connectivity index (χ1) is 2.41. The van der Waals surface area contributed by atoms with Gasteiger partial charge in [-0.05, 0) is 0 Å². The van der Waals surface area contributed by atoms with Gasteiger partial charge in [-0.2, -0.15) is 0 Å². The Labute approximate surface area is 45.0 Å². The van der Waals surface area contributed by atoms with Crippen LogP contribution in [0.3, 0.4) is 0 Å². The van der Waals surface area contributed by atoms with E-state index in [9.17, 15) is 0 Å². The van der Waals surface area contributed by atoms with E-state index in [0.717, 1.165) is 0 Å². The standard InChI is InChI=1S/2C2H3.Hg/c2*1-2;/h2*1H,2H2;. The van der Waals surface area contributed by atoms with Crippen LogP contribution >= 0.6 is 0 Å². The van der Waals surface area contributed by atoms with Crippen molar-refractivity contribution in [1.29, 1.82) is 0 Å². The van der Waals surface area contributed by atoms with Crippen molar-refractivity contribution >= 4 is 0 Å². The Hall–Kier alpha value is 0.415. The van der Waals surface area contributed by atoms with Crippen molar-refractivity contribution in [3.8, 4) is 0 Å². The van der Waals surface area contributed by atoms with Crippen LogP contribution in [0.25, 0.3) is 0 Å². The van der Waals surface area contributed by atoms with E-state index < -0.39 is 24.6 Å². The molecule has 0 aliphatic rings. The molecule has 1 heteroatoms. The molecule has 0 spiro atoms. The third kappa shape index (κ3) is 4.42. The molecule has 0 rings (SSSR count). The molecule has 5 heavy (non-hydrogen) atoms. The van der Waals surface area contributed by atoms with Crippen molar-refractivity contribution in [2.45, 2.75) is 0 Å². The van der Waals surface area contributed by atoms with E-state index in [0.29, 0.717) is 0 Å². The second kappa shape index (κ2) is 4.42. The van der Waals surface area contributed by atoms with Crippen LogP contribution in [-0.4, -0.2) is 0 Å². The molecule has 0 aliphatic heterocycles. The Morgan fingerprint density at radius 1 is 1.20 bits per heavy atom. The minimum absolute atomic E-state index is 0.614. The van der Waals surface area contributed by atoms with Gasteiger partial charge in [0.15, 0.2) is 0 Å².